The minimum absolute atomic E-state index is 0.174. The minimum atomic E-state index is -0.681. The summed E-state index contributed by atoms with van der Waals surface area (Å²) in [5, 5.41) is 9.01. The Kier molecular flexibility index (Phi) is 6.42. The van der Waals surface area contributed by atoms with E-state index in [9.17, 15) is 14.0 Å². The Morgan fingerprint density at radius 3 is 2.59 bits per heavy atom. The molecule has 3 rings (SSSR count). The minimum Gasteiger partial charge on any atom is -0.482 e. The SMILES string of the molecule is CCOC(=O)c1sc2cccc(F)c2c1COC(=O)COc1ccc(C#N)cc1. The predicted molar refractivity (Wildman–Crippen MR) is 104 cm³/mol. The normalized spacial score (nSPS) is 10.4. The van der Waals surface area contributed by atoms with Crippen LogP contribution in [0.2, 0.25) is 0 Å². The lowest BCUT2D eigenvalue weighted by Gasteiger charge is -2.08. The lowest BCUT2D eigenvalue weighted by Crippen LogP contribution is -2.15. The van der Waals surface area contributed by atoms with Gasteiger partial charge < -0.3 is 14.2 Å². The van der Waals surface area contributed by atoms with Gasteiger partial charge in [-0.25, -0.2) is 14.0 Å². The molecule has 2 aromatic carbocycles. The highest BCUT2D eigenvalue weighted by Crippen LogP contribution is 2.34. The molecule has 6 nitrogen and oxygen atoms in total. The van der Waals surface area contributed by atoms with Gasteiger partial charge in [0, 0.05) is 15.6 Å². The van der Waals surface area contributed by atoms with E-state index < -0.39 is 17.8 Å². The Hall–Kier alpha value is -3.44. The van der Waals surface area contributed by atoms with Gasteiger partial charge in [-0.15, -0.1) is 11.3 Å². The average Bonchev–Trinajstić information content (AvgIpc) is 3.11. The molecule has 0 bridgehead atoms. The van der Waals surface area contributed by atoms with Gasteiger partial charge in [-0.3, -0.25) is 0 Å². The molecule has 0 saturated carbocycles. The zero-order valence-electron chi connectivity index (χ0n) is 15.4. The molecule has 0 saturated heterocycles. The lowest BCUT2D eigenvalue weighted by atomic mass is 10.1. The van der Waals surface area contributed by atoms with E-state index in [1.807, 2.05) is 6.07 Å². The first-order valence-electron chi connectivity index (χ1n) is 8.69. The third-order valence-corrected chi connectivity index (χ3v) is 5.12. The van der Waals surface area contributed by atoms with Crippen molar-refractivity contribution in [2.75, 3.05) is 13.2 Å². The molecule has 148 valence electrons. The highest BCUT2D eigenvalue weighted by atomic mass is 32.1. The highest BCUT2D eigenvalue weighted by molar-refractivity contribution is 7.21. The van der Waals surface area contributed by atoms with Crippen molar-refractivity contribution in [3.8, 4) is 11.8 Å². The molecule has 3 aromatic rings. The number of carbonyl (C=O) groups is 2. The van der Waals surface area contributed by atoms with Crippen LogP contribution in [0, 0.1) is 17.1 Å². The Morgan fingerprint density at radius 2 is 1.90 bits per heavy atom. The third-order valence-electron chi connectivity index (χ3n) is 3.94. The maximum atomic E-state index is 14.3. The third kappa shape index (κ3) is 4.70. The van der Waals surface area contributed by atoms with E-state index in [-0.39, 0.29) is 35.6 Å². The molecule has 1 heterocycles. The van der Waals surface area contributed by atoms with Crippen molar-refractivity contribution in [3.63, 3.8) is 0 Å². The van der Waals surface area contributed by atoms with Crippen molar-refractivity contribution >= 4 is 33.4 Å². The molecule has 1 aromatic heterocycles. The van der Waals surface area contributed by atoms with Gasteiger partial charge in [-0.05, 0) is 43.3 Å². The molecule has 0 aliphatic rings. The van der Waals surface area contributed by atoms with Gasteiger partial charge in [-0.2, -0.15) is 5.26 Å². The molecule has 0 amide bonds. The highest BCUT2D eigenvalue weighted by Gasteiger charge is 2.23. The van der Waals surface area contributed by atoms with Gasteiger partial charge in [0.25, 0.3) is 0 Å². The first kappa shape index (κ1) is 20.3. The van der Waals surface area contributed by atoms with Crippen LogP contribution in [0.4, 0.5) is 4.39 Å². The Labute approximate surface area is 170 Å². The summed E-state index contributed by atoms with van der Waals surface area (Å²) >= 11 is 1.09. The standard InChI is InChI=1S/C21H16FNO5S/c1-2-26-21(25)20-15(19-16(22)4-3-5-17(19)29-20)11-28-18(24)12-27-14-8-6-13(10-23)7-9-14/h3-9H,2,11-12H2,1H3. The van der Waals surface area contributed by atoms with Crippen molar-refractivity contribution in [2.45, 2.75) is 13.5 Å². The van der Waals surface area contributed by atoms with E-state index in [0.717, 1.165) is 11.3 Å². The maximum absolute atomic E-state index is 14.3. The number of hydrogen-bond acceptors (Lipinski definition) is 7. The van der Waals surface area contributed by atoms with Gasteiger partial charge >= 0.3 is 11.9 Å². The molecule has 0 fully saturated rings. The number of nitriles is 1. The molecule has 29 heavy (non-hydrogen) atoms. The van der Waals surface area contributed by atoms with E-state index in [1.165, 1.54) is 6.07 Å². The number of carbonyl (C=O) groups excluding carboxylic acids is 2. The quantitative estimate of drug-likeness (QED) is 0.540. The monoisotopic (exact) mass is 413 g/mol. The fourth-order valence-electron chi connectivity index (χ4n) is 2.63. The van der Waals surface area contributed by atoms with Gasteiger partial charge in [0.1, 0.15) is 23.1 Å². The van der Waals surface area contributed by atoms with Crippen molar-refractivity contribution in [1.29, 1.82) is 5.26 Å². The summed E-state index contributed by atoms with van der Waals surface area (Å²) < 4.78 is 30.4. The second-order valence-corrected chi connectivity index (χ2v) is 6.88. The van der Waals surface area contributed by atoms with Crippen LogP contribution in [0.3, 0.4) is 0 Å². The molecule has 0 radical (unpaired) electrons. The first-order valence-corrected chi connectivity index (χ1v) is 9.50. The van der Waals surface area contributed by atoms with E-state index in [1.54, 1.807) is 43.3 Å². The second-order valence-electron chi connectivity index (χ2n) is 5.83. The molecule has 0 spiro atoms. The number of esters is 2. The van der Waals surface area contributed by atoms with Crippen LogP contribution in [0.5, 0.6) is 5.75 Å². The number of hydrogen-bond donors (Lipinski definition) is 0. The van der Waals surface area contributed by atoms with Crippen molar-refractivity contribution in [3.05, 3.63) is 64.3 Å². The number of fused-ring (bicyclic) bond motifs is 1. The summed E-state index contributed by atoms with van der Waals surface area (Å²) in [7, 11) is 0. The first-order chi connectivity index (χ1) is 14.0. The number of ether oxygens (including phenoxy) is 3. The smallest absolute Gasteiger partial charge is 0.348 e. The molecular formula is C21H16FNO5S. The van der Waals surface area contributed by atoms with Gasteiger partial charge in [-0.1, -0.05) is 6.07 Å². The largest absolute Gasteiger partial charge is 0.482 e. The number of halogens is 1. The summed E-state index contributed by atoms with van der Waals surface area (Å²) in [5.41, 5.74) is 0.742. The topological polar surface area (TPSA) is 85.6 Å². The summed E-state index contributed by atoms with van der Waals surface area (Å²) in [6, 6.07) is 12.7. The zero-order valence-corrected chi connectivity index (χ0v) is 16.3. The number of rotatable bonds is 7. The van der Waals surface area contributed by atoms with Gasteiger partial charge in [0.15, 0.2) is 6.61 Å². The van der Waals surface area contributed by atoms with E-state index >= 15 is 0 Å². The van der Waals surface area contributed by atoms with Crippen LogP contribution in [-0.2, 0) is 20.9 Å². The summed E-state index contributed by atoms with van der Waals surface area (Å²) in [5.74, 6) is -1.37. The average molecular weight is 413 g/mol. The fourth-order valence-corrected chi connectivity index (χ4v) is 3.74. The van der Waals surface area contributed by atoms with Crippen LogP contribution in [-0.4, -0.2) is 25.2 Å². The van der Waals surface area contributed by atoms with E-state index in [2.05, 4.69) is 0 Å². The number of benzene rings is 2. The van der Waals surface area contributed by atoms with Crippen LogP contribution >= 0.6 is 11.3 Å². The lowest BCUT2D eigenvalue weighted by molar-refractivity contribution is -0.147. The van der Waals surface area contributed by atoms with Crippen molar-refractivity contribution in [2.24, 2.45) is 0 Å². The van der Waals surface area contributed by atoms with Crippen molar-refractivity contribution in [1.82, 2.24) is 0 Å². The van der Waals surface area contributed by atoms with E-state index in [4.69, 9.17) is 19.5 Å². The van der Waals surface area contributed by atoms with Crippen LogP contribution in [0.25, 0.3) is 10.1 Å². The van der Waals surface area contributed by atoms with Gasteiger partial charge in [0.05, 0.1) is 18.2 Å². The molecule has 0 N–H and O–H groups in total. The molecule has 0 unspecified atom stereocenters. The summed E-state index contributed by atoms with van der Waals surface area (Å²) in [4.78, 5) is 24.5. The van der Waals surface area contributed by atoms with E-state index in [0.29, 0.717) is 16.0 Å². The summed E-state index contributed by atoms with van der Waals surface area (Å²) in [6.45, 7) is 1.19. The molecule has 0 atom stereocenters. The Balaban J connectivity index is 1.71. The maximum Gasteiger partial charge on any atom is 0.348 e. The van der Waals surface area contributed by atoms with Crippen LogP contribution in [0.15, 0.2) is 42.5 Å². The summed E-state index contributed by atoms with van der Waals surface area (Å²) in [6.07, 6.45) is 0. The molecule has 8 heteroatoms. The second kappa shape index (κ2) is 9.17. The Morgan fingerprint density at radius 1 is 1.14 bits per heavy atom. The fraction of sp³-hybridized carbons (Fsp3) is 0.190. The number of nitrogens with zero attached hydrogens (tertiary/aromatic N) is 1. The Bertz CT molecular complexity index is 1080. The molecular weight excluding hydrogens is 397 g/mol. The number of thiophene rings is 1. The molecule has 0 aliphatic carbocycles. The predicted octanol–water partition coefficient (Wildman–Crippen LogP) is 4.21. The zero-order chi connectivity index (χ0) is 20.8. The van der Waals surface area contributed by atoms with Gasteiger partial charge in [0.2, 0.25) is 0 Å². The van der Waals surface area contributed by atoms with Crippen LogP contribution in [0.1, 0.15) is 27.7 Å². The molecule has 0 aliphatic heterocycles. The van der Waals surface area contributed by atoms with Crippen molar-refractivity contribution < 1.29 is 28.2 Å². The van der Waals surface area contributed by atoms with Crippen LogP contribution < -0.4 is 4.74 Å².